The van der Waals surface area contributed by atoms with Gasteiger partial charge in [-0.05, 0) is 62.2 Å². The normalized spacial score (nSPS) is 17.7. The van der Waals surface area contributed by atoms with Crippen molar-refractivity contribution in [3.05, 3.63) is 58.2 Å². The number of rotatable bonds is 3. The van der Waals surface area contributed by atoms with E-state index in [2.05, 4.69) is 26.2 Å². The molecule has 1 aromatic heterocycles. The van der Waals surface area contributed by atoms with E-state index in [1.54, 1.807) is 6.20 Å². The molecule has 3 rings (SSSR count). The van der Waals surface area contributed by atoms with Crippen molar-refractivity contribution in [1.82, 2.24) is 10.3 Å². The maximum absolute atomic E-state index is 13.2. The van der Waals surface area contributed by atoms with Crippen LogP contribution in [0.5, 0.6) is 0 Å². The number of halogens is 1. The maximum atomic E-state index is 13.2. The summed E-state index contributed by atoms with van der Waals surface area (Å²) in [5.41, 5.74) is 1.70. The lowest BCUT2D eigenvalue weighted by molar-refractivity contribution is 0.0971. The largest absolute Gasteiger partial charge is 0.315 e. The third kappa shape index (κ3) is 3.62. The average molecular weight is 374 g/mol. The van der Waals surface area contributed by atoms with Gasteiger partial charge in [0.25, 0.3) is 5.91 Å². The van der Waals surface area contributed by atoms with E-state index in [4.69, 9.17) is 0 Å². The Bertz CT molecular complexity index is 681. The maximum Gasteiger partial charge on any atom is 0.259 e. The number of hydrogen-bond donors (Lipinski definition) is 1. The second-order valence-corrected chi connectivity index (χ2v) is 6.74. The minimum Gasteiger partial charge on any atom is -0.315 e. The molecule has 1 aromatic carbocycles. The molecule has 1 atom stereocenters. The summed E-state index contributed by atoms with van der Waals surface area (Å²) in [6, 6.07) is 11.5. The Morgan fingerprint density at radius 2 is 2.09 bits per heavy atom. The van der Waals surface area contributed by atoms with Gasteiger partial charge in [0.1, 0.15) is 5.82 Å². The molecule has 1 fully saturated rings. The van der Waals surface area contributed by atoms with Crippen LogP contribution in [0.3, 0.4) is 0 Å². The van der Waals surface area contributed by atoms with Crippen molar-refractivity contribution < 1.29 is 4.79 Å². The first kappa shape index (κ1) is 16.1. The smallest absolute Gasteiger partial charge is 0.259 e. The Hall–Kier alpha value is -1.72. The molecule has 1 N–H and O–H groups in total. The van der Waals surface area contributed by atoms with E-state index in [-0.39, 0.29) is 11.9 Å². The predicted octanol–water partition coefficient (Wildman–Crippen LogP) is 3.55. The van der Waals surface area contributed by atoms with E-state index in [9.17, 15) is 4.79 Å². The fourth-order valence-electron chi connectivity index (χ4n) is 2.95. The van der Waals surface area contributed by atoms with E-state index in [1.807, 2.05) is 48.2 Å². The number of hydrogen-bond acceptors (Lipinski definition) is 3. The van der Waals surface area contributed by atoms with Crippen LogP contribution in [0.4, 0.5) is 5.82 Å². The lowest BCUT2D eigenvalue weighted by atomic mass is 10.0. The highest BCUT2D eigenvalue weighted by atomic mass is 79.9. The number of carbonyl (C=O) groups is 1. The van der Waals surface area contributed by atoms with Crippen LogP contribution >= 0.6 is 15.9 Å². The summed E-state index contributed by atoms with van der Waals surface area (Å²) in [7, 11) is 0. The topological polar surface area (TPSA) is 45.2 Å². The summed E-state index contributed by atoms with van der Waals surface area (Å²) in [4.78, 5) is 19.5. The number of aryl methyl sites for hydroxylation is 1. The van der Waals surface area contributed by atoms with Crippen LogP contribution in [0.1, 0.15) is 28.8 Å². The minimum atomic E-state index is 0.00741. The van der Waals surface area contributed by atoms with Crippen LogP contribution in [-0.4, -0.2) is 30.0 Å². The van der Waals surface area contributed by atoms with Crippen molar-refractivity contribution in [2.24, 2.45) is 0 Å². The van der Waals surface area contributed by atoms with Gasteiger partial charge in [-0.2, -0.15) is 0 Å². The molecule has 1 aliphatic rings. The highest BCUT2D eigenvalue weighted by Crippen LogP contribution is 2.25. The number of benzene rings is 1. The summed E-state index contributed by atoms with van der Waals surface area (Å²) in [6.45, 7) is 3.82. The third-order valence-electron chi connectivity index (χ3n) is 4.16. The lowest BCUT2D eigenvalue weighted by Crippen LogP contribution is -2.49. The first-order valence-corrected chi connectivity index (χ1v) is 8.67. The van der Waals surface area contributed by atoms with Crippen LogP contribution in [0.15, 0.2) is 47.1 Å². The van der Waals surface area contributed by atoms with Gasteiger partial charge < -0.3 is 5.32 Å². The molecule has 0 bridgehead atoms. The zero-order valence-corrected chi connectivity index (χ0v) is 14.7. The van der Waals surface area contributed by atoms with Gasteiger partial charge in [-0.25, -0.2) is 4.98 Å². The quantitative estimate of drug-likeness (QED) is 0.894. The number of piperidine rings is 1. The number of amides is 1. The molecule has 0 saturated carbocycles. The second kappa shape index (κ2) is 7.23. The van der Waals surface area contributed by atoms with E-state index >= 15 is 0 Å². The van der Waals surface area contributed by atoms with Crippen molar-refractivity contribution in [2.45, 2.75) is 25.8 Å². The van der Waals surface area contributed by atoms with Crippen LogP contribution in [0.2, 0.25) is 0 Å². The molecule has 2 aromatic rings. The number of aromatic nitrogens is 1. The summed E-state index contributed by atoms with van der Waals surface area (Å²) in [6.07, 6.45) is 3.81. The first-order chi connectivity index (χ1) is 11.2. The third-order valence-corrected chi connectivity index (χ3v) is 4.68. The molecule has 0 spiro atoms. The highest BCUT2D eigenvalue weighted by Gasteiger charge is 2.29. The standard InChI is InChI=1S/C18H20BrN3O/c1-13-4-2-11-21-17(13)22(16-5-3-10-20-12-16)18(23)14-6-8-15(19)9-7-14/h2,4,6-9,11,16,20H,3,5,10,12H2,1H3/t16-/m1/s1. The fourth-order valence-corrected chi connectivity index (χ4v) is 3.21. The highest BCUT2D eigenvalue weighted by molar-refractivity contribution is 9.10. The van der Waals surface area contributed by atoms with E-state index < -0.39 is 0 Å². The van der Waals surface area contributed by atoms with Crippen molar-refractivity contribution >= 4 is 27.7 Å². The van der Waals surface area contributed by atoms with Gasteiger partial charge in [-0.3, -0.25) is 9.69 Å². The molecular formula is C18H20BrN3O. The number of anilines is 1. The van der Waals surface area contributed by atoms with E-state index in [1.165, 1.54) is 0 Å². The lowest BCUT2D eigenvalue weighted by Gasteiger charge is -2.34. The number of nitrogens with one attached hydrogen (secondary N) is 1. The average Bonchev–Trinajstić information content (AvgIpc) is 2.58. The minimum absolute atomic E-state index is 0.00741. The zero-order valence-electron chi connectivity index (χ0n) is 13.1. The SMILES string of the molecule is Cc1cccnc1N(C(=O)c1ccc(Br)cc1)[C@@H]1CCCNC1. The molecule has 120 valence electrons. The summed E-state index contributed by atoms with van der Waals surface area (Å²) < 4.78 is 0.967. The molecule has 5 heteroatoms. The Kier molecular flexibility index (Phi) is 5.08. The van der Waals surface area contributed by atoms with Crippen molar-refractivity contribution in [2.75, 3.05) is 18.0 Å². The molecule has 1 aliphatic heterocycles. The second-order valence-electron chi connectivity index (χ2n) is 5.83. The zero-order chi connectivity index (χ0) is 16.2. The van der Waals surface area contributed by atoms with Gasteiger partial charge in [0.15, 0.2) is 0 Å². The van der Waals surface area contributed by atoms with Crippen molar-refractivity contribution in [3.63, 3.8) is 0 Å². The van der Waals surface area contributed by atoms with Crippen LogP contribution < -0.4 is 10.2 Å². The van der Waals surface area contributed by atoms with Crippen molar-refractivity contribution in [1.29, 1.82) is 0 Å². The number of carbonyl (C=O) groups excluding carboxylic acids is 1. The molecular weight excluding hydrogens is 354 g/mol. The summed E-state index contributed by atoms with van der Waals surface area (Å²) in [5.74, 6) is 0.766. The van der Waals surface area contributed by atoms with Gasteiger partial charge in [0.2, 0.25) is 0 Å². The van der Waals surface area contributed by atoms with Gasteiger partial charge in [0, 0.05) is 22.8 Å². The van der Waals surface area contributed by atoms with Gasteiger partial charge >= 0.3 is 0 Å². The molecule has 0 radical (unpaired) electrons. The van der Waals surface area contributed by atoms with Crippen LogP contribution in [-0.2, 0) is 0 Å². The van der Waals surface area contributed by atoms with E-state index in [0.29, 0.717) is 5.56 Å². The number of nitrogens with zero attached hydrogens (tertiary/aromatic N) is 2. The molecule has 4 nitrogen and oxygen atoms in total. The molecule has 0 aliphatic carbocycles. The Morgan fingerprint density at radius 1 is 1.30 bits per heavy atom. The number of pyridine rings is 1. The van der Waals surface area contributed by atoms with E-state index in [0.717, 1.165) is 41.8 Å². The molecule has 2 heterocycles. The summed E-state index contributed by atoms with van der Waals surface area (Å²) in [5, 5.41) is 3.39. The molecule has 1 amide bonds. The molecule has 0 unspecified atom stereocenters. The van der Waals surface area contributed by atoms with Crippen LogP contribution in [0.25, 0.3) is 0 Å². The van der Waals surface area contributed by atoms with Gasteiger partial charge in [0.05, 0.1) is 6.04 Å². The monoisotopic (exact) mass is 373 g/mol. The predicted molar refractivity (Wildman–Crippen MR) is 95.8 cm³/mol. The van der Waals surface area contributed by atoms with Gasteiger partial charge in [-0.15, -0.1) is 0 Å². The van der Waals surface area contributed by atoms with Gasteiger partial charge in [-0.1, -0.05) is 22.0 Å². The van der Waals surface area contributed by atoms with Crippen LogP contribution in [0, 0.1) is 6.92 Å². The fraction of sp³-hybridized carbons (Fsp3) is 0.333. The van der Waals surface area contributed by atoms with Crippen molar-refractivity contribution in [3.8, 4) is 0 Å². The molecule has 1 saturated heterocycles. The Labute approximate surface area is 145 Å². The summed E-state index contributed by atoms with van der Waals surface area (Å²) >= 11 is 3.42. The Balaban J connectivity index is 1.99. The molecule has 23 heavy (non-hydrogen) atoms. The first-order valence-electron chi connectivity index (χ1n) is 7.88. The Morgan fingerprint density at radius 3 is 2.74 bits per heavy atom.